The van der Waals surface area contributed by atoms with Crippen LogP contribution < -0.4 is 11.1 Å². The molecule has 1 amide bonds. The first-order valence-corrected chi connectivity index (χ1v) is 8.64. The number of amides is 1. The van der Waals surface area contributed by atoms with Gasteiger partial charge in [0.2, 0.25) is 0 Å². The number of carbonyl (C=O) groups is 1. The molecule has 0 spiro atoms. The molecular weight excluding hydrogens is 351 g/mol. The molecule has 1 atom stereocenters. The van der Waals surface area contributed by atoms with E-state index in [1.165, 1.54) is 24.2 Å². The van der Waals surface area contributed by atoms with Gasteiger partial charge in [-0.15, -0.1) is 23.7 Å². The molecule has 1 aromatic heterocycles. The quantitative estimate of drug-likeness (QED) is 0.825. The molecule has 124 valence electrons. The van der Waals surface area contributed by atoms with E-state index in [0.29, 0.717) is 17.5 Å². The van der Waals surface area contributed by atoms with Crippen molar-refractivity contribution in [3.05, 3.63) is 45.8 Å². The van der Waals surface area contributed by atoms with Crippen molar-refractivity contribution in [2.75, 3.05) is 6.54 Å². The third-order valence-corrected chi connectivity index (χ3v) is 5.47. The molecule has 0 radical (unpaired) electrons. The molecule has 2 aromatic rings. The molecule has 6 heteroatoms. The van der Waals surface area contributed by atoms with Gasteiger partial charge in [-0.3, -0.25) is 4.79 Å². The van der Waals surface area contributed by atoms with Gasteiger partial charge in [-0.2, -0.15) is 0 Å². The van der Waals surface area contributed by atoms with Crippen LogP contribution in [0.25, 0.3) is 10.4 Å². The molecule has 1 heterocycles. The van der Waals surface area contributed by atoms with Crippen molar-refractivity contribution in [2.45, 2.75) is 25.8 Å². The van der Waals surface area contributed by atoms with Crippen molar-refractivity contribution in [3.8, 4) is 10.4 Å². The van der Waals surface area contributed by atoms with Crippen LogP contribution in [-0.2, 0) is 0 Å². The van der Waals surface area contributed by atoms with E-state index in [2.05, 4.69) is 5.32 Å². The lowest BCUT2D eigenvalue weighted by Crippen LogP contribution is -2.38. The molecule has 3 rings (SSSR count). The number of nitrogens with one attached hydrogen (secondary N) is 1. The third-order valence-electron chi connectivity index (χ3n) is 3.95. The fourth-order valence-corrected chi connectivity index (χ4v) is 3.77. The molecule has 1 aromatic carbocycles. The number of hydrogen-bond donors (Lipinski definition) is 2. The topological polar surface area (TPSA) is 55.1 Å². The molecule has 1 saturated carbocycles. The standard InChI is InChI=1S/C17H19ClN2OS.ClH/c1-10-7-15(17(21)20-9-14(19)11-5-6-11)22-16(10)12-3-2-4-13(18)8-12;/h2-4,7-8,11,14H,5-6,9,19H2,1H3,(H,20,21);1H. The van der Waals surface area contributed by atoms with Gasteiger partial charge in [-0.05, 0) is 55.0 Å². The average molecular weight is 371 g/mol. The molecular formula is C17H20Cl2N2OS. The van der Waals surface area contributed by atoms with Crippen LogP contribution in [0.3, 0.4) is 0 Å². The number of aryl methyl sites for hydroxylation is 1. The van der Waals surface area contributed by atoms with Crippen LogP contribution in [-0.4, -0.2) is 18.5 Å². The highest BCUT2D eigenvalue weighted by Gasteiger charge is 2.28. The Morgan fingerprint density at radius 3 is 2.83 bits per heavy atom. The first kappa shape index (κ1) is 18.3. The molecule has 0 saturated heterocycles. The number of halogens is 2. The zero-order valence-electron chi connectivity index (χ0n) is 12.8. The lowest BCUT2D eigenvalue weighted by molar-refractivity contribution is 0.0954. The third kappa shape index (κ3) is 4.48. The summed E-state index contributed by atoms with van der Waals surface area (Å²) < 4.78 is 0. The molecule has 23 heavy (non-hydrogen) atoms. The molecule has 0 aliphatic heterocycles. The Bertz CT molecular complexity index is 698. The van der Waals surface area contributed by atoms with Gasteiger partial charge in [0.25, 0.3) is 5.91 Å². The van der Waals surface area contributed by atoms with Crippen LogP contribution in [0.1, 0.15) is 28.1 Å². The normalized spacial score (nSPS) is 14.9. The summed E-state index contributed by atoms with van der Waals surface area (Å²) in [6.45, 7) is 2.56. The first-order chi connectivity index (χ1) is 10.5. The maximum atomic E-state index is 12.3. The van der Waals surface area contributed by atoms with Crippen molar-refractivity contribution in [3.63, 3.8) is 0 Å². The van der Waals surface area contributed by atoms with Crippen LogP contribution in [0.2, 0.25) is 5.02 Å². The van der Waals surface area contributed by atoms with Crippen LogP contribution in [0.15, 0.2) is 30.3 Å². The van der Waals surface area contributed by atoms with Gasteiger partial charge in [0, 0.05) is 22.5 Å². The number of nitrogens with two attached hydrogens (primary N) is 1. The fraction of sp³-hybridized carbons (Fsp3) is 0.353. The van der Waals surface area contributed by atoms with Gasteiger partial charge in [0.1, 0.15) is 0 Å². The van der Waals surface area contributed by atoms with Gasteiger partial charge >= 0.3 is 0 Å². The van der Waals surface area contributed by atoms with Crippen LogP contribution in [0.4, 0.5) is 0 Å². The summed E-state index contributed by atoms with van der Waals surface area (Å²) in [6.07, 6.45) is 2.38. The van der Waals surface area contributed by atoms with Crippen molar-refractivity contribution in [1.29, 1.82) is 0 Å². The van der Waals surface area contributed by atoms with E-state index in [4.69, 9.17) is 17.3 Å². The Kier molecular flexibility index (Phi) is 6.09. The highest BCUT2D eigenvalue weighted by Crippen LogP contribution is 2.34. The van der Waals surface area contributed by atoms with Gasteiger partial charge < -0.3 is 11.1 Å². The van der Waals surface area contributed by atoms with E-state index in [9.17, 15) is 4.79 Å². The summed E-state index contributed by atoms with van der Waals surface area (Å²) in [5.74, 6) is 0.546. The highest BCUT2D eigenvalue weighted by molar-refractivity contribution is 7.17. The minimum atomic E-state index is -0.0440. The summed E-state index contributed by atoms with van der Waals surface area (Å²) in [5, 5.41) is 3.64. The summed E-state index contributed by atoms with van der Waals surface area (Å²) >= 11 is 7.54. The second-order valence-electron chi connectivity index (χ2n) is 5.84. The molecule has 0 bridgehead atoms. The predicted octanol–water partition coefficient (Wildman–Crippen LogP) is 4.27. The maximum absolute atomic E-state index is 12.3. The Morgan fingerprint density at radius 1 is 1.43 bits per heavy atom. The highest BCUT2D eigenvalue weighted by atomic mass is 35.5. The Balaban J connectivity index is 0.00000192. The second kappa shape index (κ2) is 7.67. The van der Waals surface area contributed by atoms with E-state index in [0.717, 1.165) is 20.9 Å². The molecule has 1 aliphatic rings. The van der Waals surface area contributed by atoms with Gasteiger partial charge in [-0.25, -0.2) is 0 Å². The van der Waals surface area contributed by atoms with Crippen LogP contribution in [0.5, 0.6) is 0 Å². The molecule has 1 fully saturated rings. The fourth-order valence-electron chi connectivity index (χ4n) is 2.50. The number of rotatable bonds is 5. The smallest absolute Gasteiger partial charge is 0.261 e. The van der Waals surface area contributed by atoms with Crippen LogP contribution >= 0.6 is 35.3 Å². The van der Waals surface area contributed by atoms with E-state index in [-0.39, 0.29) is 24.4 Å². The van der Waals surface area contributed by atoms with E-state index in [1.807, 2.05) is 37.3 Å². The zero-order valence-corrected chi connectivity index (χ0v) is 15.2. The number of thiophene rings is 1. The van der Waals surface area contributed by atoms with Crippen LogP contribution in [0, 0.1) is 12.8 Å². The van der Waals surface area contributed by atoms with Gasteiger partial charge in [-0.1, -0.05) is 23.7 Å². The maximum Gasteiger partial charge on any atom is 0.261 e. The average Bonchev–Trinajstić information content (AvgIpc) is 3.27. The SMILES string of the molecule is Cc1cc(C(=O)NCC(N)C2CC2)sc1-c1cccc(Cl)c1.Cl. The van der Waals surface area contributed by atoms with Crippen molar-refractivity contribution in [1.82, 2.24) is 5.32 Å². The van der Waals surface area contributed by atoms with Gasteiger partial charge in [0.05, 0.1) is 4.88 Å². The predicted molar refractivity (Wildman–Crippen MR) is 99.8 cm³/mol. The Morgan fingerprint density at radius 2 is 2.17 bits per heavy atom. The molecule has 3 N–H and O–H groups in total. The summed E-state index contributed by atoms with van der Waals surface area (Å²) in [7, 11) is 0. The zero-order chi connectivity index (χ0) is 15.7. The summed E-state index contributed by atoms with van der Waals surface area (Å²) in [4.78, 5) is 14.1. The van der Waals surface area contributed by atoms with E-state index >= 15 is 0 Å². The Hall–Kier alpha value is -1.07. The summed E-state index contributed by atoms with van der Waals surface area (Å²) in [6, 6.07) is 9.71. The minimum Gasteiger partial charge on any atom is -0.350 e. The monoisotopic (exact) mass is 370 g/mol. The number of hydrogen-bond acceptors (Lipinski definition) is 3. The van der Waals surface area contributed by atoms with Gasteiger partial charge in [0.15, 0.2) is 0 Å². The minimum absolute atomic E-state index is 0. The second-order valence-corrected chi connectivity index (χ2v) is 7.33. The van der Waals surface area contributed by atoms with Crippen molar-refractivity contribution < 1.29 is 4.79 Å². The Labute approximate surface area is 151 Å². The lowest BCUT2D eigenvalue weighted by atomic mass is 10.1. The lowest BCUT2D eigenvalue weighted by Gasteiger charge is -2.10. The van der Waals surface area contributed by atoms with Crippen molar-refractivity contribution >= 4 is 41.3 Å². The molecule has 1 unspecified atom stereocenters. The first-order valence-electron chi connectivity index (χ1n) is 7.45. The molecule has 3 nitrogen and oxygen atoms in total. The van der Waals surface area contributed by atoms with E-state index < -0.39 is 0 Å². The summed E-state index contributed by atoms with van der Waals surface area (Å²) in [5.41, 5.74) is 8.15. The largest absolute Gasteiger partial charge is 0.350 e. The molecule has 1 aliphatic carbocycles. The number of carbonyl (C=O) groups excluding carboxylic acids is 1. The number of benzene rings is 1. The van der Waals surface area contributed by atoms with Crippen molar-refractivity contribution in [2.24, 2.45) is 11.7 Å². The van der Waals surface area contributed by atoms with E-state index in [1.54, 1.807) is 0 Å².